The molecule has 1 nitrogen and oxygen atoms in total. The summed E-state index contributed by atoms with van der Waals surface area (Å²) in [5.74, 6) is 0. The van der Waals surface area contributed by atoms with Crippen LogP contribution in [0.4, 0.5) is 0 Å². The molecule has 1 aliphatic rings. The van der Waals surface area contributed by atoms with E-state index < -0.39 is 0 Å². The van der Waals surface area contributed by atoms with Crippen LogP contribution < -0.4 is 0 Å². The maximum Gasteiger partial charge on any atom is 0.0693 e. The standard InChI is InChI=1S/C7H8Cl2O/c8-6-1-2-7(9)5(3-6)4-10/h2-3,6,10H,1,4H2. The second-order valence-corrected chi connectivity index (χ2v) is 3.12. The van der Waals surface area contributed by atoms with Gasteiger partial charge in [-0.05, 0) is 12.0 Å². The maximum atomic E-state index is 8.73. The van der Waals surface area contributed by atoms with Gasteiger partial charge in [0.2, 0.25) is 0 Å². The lowest BCUT2D eigenvalue weighted by molar-refractivity contribution is 0.333. The van der Waals surface area contributed by atoms with Gasteiger partial charge in [-0.2, -0.15) is 0 Å². The third-order valence-electron chi connectivity index (χ3n) is 1.38. The zero-order chi connectivity index (χ0) is 7.56. The van der Waals surface area contributed by atoms with Crippen LogP contribution in [-0.2, 0) is 0 Å². The first-order chi connectivity index (χ1) is 4.74. The van der Waals surface area contributed by atoms with Gasteiger partial charge in [0, 0.05) is 5.03 Å². The topological polar surface area (TPSA) is 20.2 Å². The van der Waals surface area contributed by atoms with Gasteiger partial charge in [0.1, 0.15) is 0 Å². The number of aliphatic hydroxyl groups excluding tert-OH is 1. The van der Waals surface area contributed by atoms with Crippen LogP contribution in [0.25, 0.3) is 0 Å². The minimum absolute atomic E-state index is 0.00958. The highest BCUT2D eigenvalue weighted by atomic mass is 35.5. The van der Waals surface area contributed by atoms with Gasteiger partial charge in [-0.15, -0.1) is 11.6 Å². The highest BCUT2D eigenvalue weighted by molar-refractivity contribution is 6.32. The monoisotopic (exact) mass is 178 g/mol. The Bertz CT molecular complexity index is 184. The van der Waals surface area contributed by atoms with Crippen LogP contribution in [0.1, 0.15) is 6.42 Å². The molecule has 10 heavy (non-hydrogen) atoms. The Hall–Kier alpha value is 0.0200. The van der Waals surface area contributed by atoms with E-state index in [0.717, 1.165) is 12.0 Å². The Balaban J connectivity index is 2.74. The van der Waals surface area contributed by atoms with E-state index >= 15 is 0 Å². The summed E-state index contributed by atoms with van der Waals surface area (Å²) < 4.78 is 0. The molecule has 1 rings (SSSR count). The van der Waals surface area contributed by atoms with Crippen molar-refractivity contribution < 1.29 is 5.11 Å². The van der Waals surface area contributed by atoms with Crippen molar-refractivity contribution in [1.82, 2.24) is 0 Å². The third-order valence-corrected chi connectivity index (χ3v) is 2.08. The summed E-state index contributed by atoms with van der Waals surface area (Å²) in [4.78, 5) is 0. The first-order valence-electron chi connectivity index (χ1n) is 3.05. The summed E-state index contributed by atoms with van der Waals surface area (Å²) in [5, 5.41) is 9.34. The molecule has 0 bridgehead atoms. The fourth-order valence-corrected chi connectivity index (χ4v) is 1.29. The Kier molecular flexibility index (Phi) is 2.78. The van der Waals surface area contributed by atoms with Gasteiger partial charge in [0.05, 0.1) is 12.0 Å². The molecule has 0 fully saturated rings. The lowest BCUT2D eigenvalue weighted by Crippen LogP contribution is -2.03. The molecule has 1 unspecified atom stereocenters. The molecule has 0 aromatic heterocycles. The molecule has 0 saturated heterocycles. The van der Waals surface area contributed by atoms with Gasteiger partial charge in [0.25, 0.3) is 0 Å². The fraction of sp³-hybridized carbons (Fsp3) is 0.429. The number of hydrogen-bond donors (Lipinski definition) is 1. The van der Waals surface area contributed by atoms with E-state index in [1.54, 1.807) is 6.08 Å². The number of hydrogen-bond acceptors (Lipinski definition) is 1. The fourth-order valence-electron chi connectivity index (χ4n) is 0.841. The molecule has 56 valence electrons. The van der Waals surface area contributed by atoms with Crippen LogP contribution in [-0.4, -0.2) is 17.1 Å². The molecule has 1 aliphatic carbocycles. The number of allylic oxidation sites excluding steroid dienone is 2. The largest absolute Gasteiger partial charge is 0.392 e. The minimum atomic E-state index is -0.0292. The SMILES string of the molecule is OCC1=CC(Cl)CC=C1Cl. The molecule has 0 spiro atoms. The van der Waals surface area contributed by atoms with Crippen molar-refractivity contribution in [2.24, 2.45) is 0 Å². The Morgan fingerprint density at radius 1 is 1.70 bits per heavy atom. The molecule has 0 amide bonds. The van der Waals surface area contributed by atoms with Crippen molar-refractivity contribution >= 4 is 23.2 Å². The van der Waals surface area contributed by atoms with Crippen molar-refractivity contribution in [3.63, 3.8) is 0 Å². The zero-order valence-corrected chi connectivity index (χ0v) is 6.86. The van der Waals surface area contributed by atoms with Crippen LogP contribution in [0.2, 0.25) is 0 Å². The van der Waals surface area contributed by atoms with Crippen LogP contribution in [0.5, 0.6) is 0 Å². The van der Waals surface area contributed by atoms with Crippen molar-refractivity contribution in [2.45, 2.75) is 11.8 Å². The van der Waals surface area contributed by atoms with Crippen LogP contribution in [0.3, 0.4) is 0 Å². The van der Waals surface area contributed by atoms with Crippen molar-refractivity contribution in [3.8, 4) is 0 Å². The van der Waals surface area contributed by atoms with Crippen LogP contribution in [0, 0.1) is 0 Å². The predicted molar refractivity (Wildman–Crippen MR) is 43.4 cm³/mol. The van der Waals surface area contributed by atoms with Crippen molar-refractivity contribution in [3.05, 3.63) is 22.8 Å². The van der Waals surface area contributed by atoms with Gasteiger partial charge in [-0.25, -0.2) is 0 Å². The summed E-state index contributed by atoms with van der Waals surface area (Å²) in [7, 11) is 0. The maximum absolute atomic E-state index is 8.73. The van der Waals surface area contributed by atoms with E-state index in [9.17, 15) is 0 Å². The molecule has 1 N–H and O–H groups in total. The van der Waals surface area contributed by atoms with E-state index in [2.05, 4.69) is 0 Å². The van der Waals surface area contributed by atoms with Crippen LogP contribution >= 0.6 is 23.2 Å². The molecule has 0 aliphatic heterocycles. The second kappa shape index (κ2) is 3.42. The number of rotatable bonds is 1. The first-order valence-corrected chi connectivity index (χ1v) is 3.87. The summed E-state index contributed by atoms with van der Waals surface area (Å²) in [6.07, 6.45) is 4.36. The van der Waals surface area contributed by atoms with Gasteiger partial charge in [0.15, 0.2) is 0 Å². The normalized spacial score (nSPS) is 25.7. The van der Waals surface area contributed by atoms with E-state index in [4.69, 9.17) is 28.3 Å². The predicted octanol–water partition coefficient (Wildman–Crippen LogP) is 2.04. The smallest absolute Gasteiger partial charge is 0.0693 e. The van der Waals surface area contributed by atoms with Crippen molar-refractivity contribution in [2.75, 3.05) is 6.61 Å². The van der Waals surface area contributed by atoms with Gasteiger partial charge >= 0.3 is 0 Å². The summed E-state index contributed by atoms with van der Waals surface area (Å²) in [6.45, 7) is -0.0292. The lowest BCUT2D eigenvalue weighted by Gasteiger charge is -2.11. The third kappa shape index (κ3) is 1.75. The summed E-state index contributed by atoms with van der Waals surface area (Å²) in [6, 6.07) is 0. The average molecular weight is 179 g/mol. The number of aliphatic hydroxyl groups is 1. The van der Waals surface area contributed by atoms with Gasteiger partial charge < -0.3 is 5.11 Å². The van der Waals surface area contributed by atoms with E-state index in [1.165, 1.54) is 0 Å². The average Bonchev–Trinajstić information content (AvgIpc) is 1.94. The highest BCUT2D eigenvalue weighted by Gasteiger charge is 2.10. The molecule has 0 heterocycles. The zero-order valence-electron chi connectivity index (χ0n) is 5.35. The molecule has 1 atom stereocenters. The number of halogens is 2. The Labute approximate surface area is 69.9 Å². The summed E-state index contributed by atoms with van der Waals surface area (Å²) >= 11 is 11.5. The number of alkyl halides is 1. The van der Waals surface area contributed by atoms with E-state index in [-0.39, 0.29) is 12.0 Å². The van der Waals surface area contributed by atoms with Crippen LogP contribution in [0.15, 0.2) is 22.8 Å². The minimum Gasteiger partial charge on any atom is -0.392 e. The molecule has 0 radical (unpaired) electrons. The van der Waals surface area contributed by atoms with E-state index in [1.807, 2.05) is 6.08 Å². The molecule has 0 aromatic carbocycles. The molecule has 3 heteroatoms. The lowest BCUT2D eigenvalue weighted by atomic mass is 10.1. The molecule has 0 aromatic rings. The quantitative estimate of drug-likeness (QED) is 0.610. The molecular formula is C7H8Cl2O. The van der Waals surface area contributed by atoms with Crippen molar-refractivity contribution in [1.29, 1.82) is 0 Å². The Morgan fingerprint density at radius 2 is 2.40 bits per heavy atom. The molecule has 0 saturated carbocycles. The van der Waals surface area contributed by atoms with E-state index in [0.29, 0.717) is 5.03 Å². The van der Waals surface area contributed by atoms with Gasteiger partial charge in [-0.3, -0.25) is 0 Å². The first kappa shape index (κ1) is 8.12. The summed E-state index contributed by atoms with van der Waals surface area (Å²) in [5.41, 5.74) is 0.730. The second-order valence-electron chi connectivity index (χ2n) is 2.15. The van der Waals surface area contributed by atoms with Gasteiger partial charge in [-0.1, -0.05) is 23.8 Å². The Morgan fingerprint density at radius 3 is 2.90 bits per heavy atom. The highest BCUT2D eigenvalue weighted by Crippen LogP contribution is 2.24. The molecular weight excluding hydrogens is 171 g/mol.